The van der Waals surface area contributed by atoms with Crippen LogP contribution in [0.2, 0.25) is 0 Å². The van der Waals surface area contributed by atoms with Crippen LogP contribution in [0.15, 0.2) is 57.7 Å². The molecular weight excluding hydrogens is 351 g/mol. The minimum absolute atomic E-state index is 0.00884. The van der Waals surface area contributed by atoms with E-state index >= 15 is 0 Å². The Kier molecular flexibility index (Phi) is 5.71. The van der Waals surface area contributed by atoms with Gasteiger partial charge < -0.3 is 14.3 Å². The number of ether oxygens (including phenoxy) is 1. The average molecular weight is 372 g/mol. The molecule has 0 aliphatic rings. The van der Waals surface area contributed by atoms with Crippen LogP contribution in [0.25, 0.3) is 11.5 Å². The van der Waals surface area contributed by atoms with Crippen molar-refractivity contribution in [3.8, 4) is 17.2 Å². The topological polar surface area (TPSA) is 77.5 Å². The molecule has 0 fully saturated rings. The molecular formula is C20H21FN2O4. The SMILES string of the molecule is CC(C)c1ccccc1OCC(O)Cn1nc(-c2ccc(F)cc2)oc1=O. The van der Waals surface area contributed by atoms with Crippen LogP contribution in [0, 0.1) is 5.82 Å². The first kappa shape index (κ1) is 18.8. The smallest absolute Gasteiger partial charge is 0.437 e. The van der Waals surface area contributed by atoms with Crippen molar-refractivity contribution >= 4 is 0 Å². The fraction of sp³-hybridized carbons (Fsp3) is 0.300. The predicted molar refractivity (Wildman–Crippen MR) is 98.2 cm³/mol. The highest BCUT2D eigenvalue weighted by Gasteiger charge is 2.15. The first-order chi connectivity index (χ1) is 12.9. The van der Waals surface area contributed by atoms with Gasteiger partial charge in [-0.05, 0) is 41.8 Å². The minimum atomic E-state index is -0.950. The lowest BCUT2D eigenvalue weighted by Crippen LogP contribution is -2.29. The fourth-order valence-corrected chi connectivity index (χ4v) is 2.66. The largest absolute Gasteiger partial charge is 0.491 e. The Balaban J connectivity index is 1.66. The number of nitrogens with zero attached hydrogens (tertiary/aromatic N) is 2. The van der Waals surface area contributed by atoms with Crippen molar-refractivity contribution in [2.45, 2.75) is 32.4 Å². The molecule has 1 unspecified atom stereocenters. The second-order valence-electron chi connectivity index (χ2n) is 6.52. The maximum absolute atomic E-state index is 13.0. The molecule has 1 atom stereocenters. The molecule has 1 heterocycles. The van der Waals surface area contributed by atoms with Gasteiger partial charge in [-0.2, -0.15) is 4.68 Å². The van der Waals surface area contributed by atoms with Crippen molar-refractivity contribution in [3.63, 3.8) is 0 Å². The zero-order valence-corrected chi connectivity index (χ0v) is 15.1. The summed E-state index contributed by atoms with van der Waals surface area (Å²) in [6.45, 7) is 4.05. The molecule has 0 aliphatic heterocycles. The number of aromatic nitrogens is 2. The zero-order valence-electron chi connectivity index (χ0n) is 15.1. The lowest BCUT2D eigenvalue weighted by molar-refractivity contribution is 0.0869. The van der Waals surface area contributed by atoms with Crippen LogP contribution < -0.4 is 10.5 Å². The van der Waals surface area contributed by atoms with Crippen molar-refractivity contribution in [1.29, 1.82) is 0 Å². The summed E-state index contributed by atoms with van der Waals surface area (Å²) >= 11 is 0. The summed E-state index contributed by atoms with van der Waals surface area (Å²) < 4.78 is 24.8. The lowest BCUT2D eigenvalue weighted by Gasteiger charge is -2.16. The van der Waals surface area contributed by atoms with Crippen molar-refractivity contribution in [1.82, 2.24) is 9.78 Å². The zero-order chi connectivity index (χ0) is 19.4. The predicted octanol–water partition coefficient (Wildman–Crippen LogP) is 3.21. The van der Waals surface area contributed by atoms with Gasteiger partial charge in [0.05, 0.1) is 6.54 Å². The van der Waals surface area contributed by atoms with Gasteiger partial charge in [-0.3, -0.25) is 0 Å². The number of aliphatic hydroxyl groups is 1. The van der Waals surface area contributed by atoms with E-state index in [1.807, 2.05) is 24.3 Å². The molecule has 7 heteroatoms. The highest BCUT2D eigenvalue weighted by Crippen LogP contribution is 2.26. The lowest BCUT2D eigenvalue weighted by atomic mass is 10.0. The molecule has 0 amide bonds. The van der Waals surface area contributed by atoms with Gasteiger partial charge in [0.15, 0.2) is 0 Å². The van der Waals surface area contributed by atoms with Crippen molar-refractivity contribution in [2.24, 2.45) is 0 Å². The number of rotatable bonds is 7. The molecule has 27 heavy (non-hydrogen) atoms. The Morgan fingerprint density at radius 2 is 1.89 bits per heavy atom. The van der Waals surface area contributed by atoms with Crippen LogP contribution in [-0.4, -0.2) is 27.6 Å². The first-order valence-corrected chi connectivity index (χ1v) is 8.67. The monoisotopic (exact) mass is 372 g/mol. The van der Waals surface area contributed by atoms with E-state index in [4.69, 9.17) is 9.15 Å². The van der Waals surface area contributed by atoms with Crippen molar-refractivity contribution in [2.75, 3.05) is 6.61 Å². The molecule has 0 radical (unpaired) electrons. The van der Waals surface area contributed by atoms with Gasteiger partial charge in [0.25, 0.3) is 0 Å². The van der Waals surface area contributed by atoms with Gasteiger partial charge in [-0.15, -0.1) is 5.10 Å². The van der Waals surface area contributed by atoms with Crippen molar-refractivity contribution < 1.29 is 18.7 Å². The Morgan fingerprint density at radius 1 is 1.19 bits per heavy atom. The summed E-state index contributed by atoms with van der Waals surface area (Å²) in [5.74, 6) is -0.0372. The number of aliphatic hydroxyl groups excluding tert-OH is 1. The van der Waals surface area contributed by atoms with E-state index in [1.54, 1.807) is 0 Å². The quantitative estimate of drug-likeness (QED) is 0.689. The van der Waals surface area contributed by atoms with Crippen molar-refractivity contribution in [3.05, 3.63) is 70.5 Å². The Bertz CT molecular complexity index is 947. The summed E-state index contributed by atoms with van der Waals surface area (Å²) in [4.78, 5) is 11.9. The van der Waals surface area contributed by atoms with Gasteiger partial charge in [0.1, 0.15) is 24.3 Å². The Labute approximate surface area is 155 Å². The van der Waals surface area contributed by atoms with Crippen LogP contribution in [0.1, 0.15) is 25.3 Å². The Hall–Kier alpha value is -2.93. The average Bonchev–Trinajstić information content (AvgIpc) is 3.01. The maximum atomic E-state index is 13.0. The molecule has 0 spiro atoms. The van der Waals surface area contributed by atoms with E-state index in [9.17, 15) is 14.3 Å². The summed E-state index contributed by atoms with van der Waals surface area (Å²) in [5, 5.41) is 14.3. The number of hydrogen-bond donors (Lipinski definition) is 1. The molecule has 0 saturated heterocycles. The Morgan fingerprint density at radius 3 is 2.59 bits per heavy atom. The molecule has 0 aliphatic carbocycles. The van der Waals surface area contributed by atoms with Crippen LogP contribution in [0.5, 0.6) is 5.75 Å². The number of hydrogen-bond acceptors (Lipinski definition) is 5. The van der Waals surface area contributed by atoms with E-state index in [0.29, 0.717) is 11.3 Å². The highest BCUT2D eigenvalue weighted by molar-refractivity contribution is 5.51. The van der Waals surface area contributed by atoms with Crippen LogP contribution in [0.4, 0.5) is 4.39 Å². The molecule has 0 bridgehead atoms. The van der Waals surface area contributed by atoms with E-state index in [2.05, 4.69) is 18.9 Å². The van der Waals surface area contributed by atoms with E-state index in [0.717, 1.165) is 10.2 Å². The van der Waals surface area contributed by atoms with Gasteiger partial charge in [0.2, 0.25) is 5.89 Å². The summed E-state index contributed by atoms with van der Waals surface area (Å²) in [5.41, 5.74) is 1.52. The molecule has 2 aromatic carbocycles. The normalized spacial score (nSPS) is 12.3. The van der Waals surface area contributed by atoms with E-state index in [-0.39, 0.29) is 25.0 Å². The minimum Gasteiger partial charge on any atom is -0.491 e. The third-order valence-corrected chi connectivity index (χ3v) is 4.05. The highest BCUT2D eigenvalue weighted by atomic mass is 19.1. The van der Waals surface area contributed by atoms with Gasteiger partial charge in [-0.25, -0.2) is 9.18 Å². The third-order valence-electron chi connectivity index (χ3n) is 4.05. The number of benzene rings is 2. The summed E-state index contributed by atoms with van der Waals surface area (Å²) in [6.07, 6.45) is -0.950. The van der Waals surface area contributed by atoms with Gasteiger partial charge in [-0.1, -0.05) is 32.0 Å². The molecule has 0 saturated carbocycles. The molecule has 3 aromatic rings. The van der Waals surface area contributed by atoms with Crippen LogP contribution in [0.3, 0.4) is 0 Å². The van der Waals surface area contributed by atoms with E-state index < -0.39 is 17.7 Å². The van der Waals surface area contributed by atoms with Gasteiger partial charge in [0, 0.05) is 5.56 Å². The molecule has 1 aromatic heterocycles. The van der Waals surface area contributed by atoms with Crippen LogP contribution >= 0.6 is 0 Å². The molecule has 142 valence electrons. The number of para-hydroxylation sites is 1. The molecule has 1 N–H and O–H groups in total. The third kappa shape index (κ3) is 4.62. The molecule has 3 rings (SSSR count). The van der Waals surface area contributed by atoms with Crippen LogP contribution in [-0.2, 0) is 6.54 Å². The maximum Gasteiger partial charge on any atom is 0.437 e. The standard InChI is InChI=1S/C20H21FN2O4/c1-13(2)17-5-3-4-6-18(17)26-12-16(24)11-23-20(25)27-19(22-23)14-7-9-15(21)10-8-14/h3-10,13,16,24H,11-12H2,1-2H3. The summed E-state index contributed by atoms with van der Waals surface area (Å²) in [7, 11) is 0. The first-order valence-electron chi connectivity index (χ1n) is 8.67. The summed E-state index contributed by atoms with van der Waals surface area (Å²) in [6, 6.07) is 13.1. The second kappa shape index (κ2) is 8.18. The molecule has 6 nitrogen and oxygen atoms in total. The fourth-order valence-electron chi connectivity index (χ4n) is 2.66. The van der Waals surface area contributed by atoms with E-state index in [1.165, 1.54) is 24.3 Å². The van der Waals surface area contributed by atoms with Gasteiger partial charge >= 0.3 is 5.76 Å². The number of halogens is 1. The second-order valence-corrected chi connectivity index (χ2v) is 6.52.